The summed E-state index contributed by atoms with van der Waals surface area (Å²) in [5.41, 5.74) is 0. The van der Waals surface area contributed by atoms with Gasteiger partial charge in [0.15, 0.2) is 0 Å². The lowest BCUT2D eigenvalue weighted by molar-refractivity contribution is -0.113. The zero-order chi connectivity index (χ0) is 14.1. The van der Waals surface area contributed by atoms with Crippen LogP contribution in [0.5, 0.6) is 0 Å². The van der Waals surface area contributed by atoms with Crippen molar-refractivity contribution in [3.8, 4) is 0 Å². The van der Waals surface area contributed by atoms with Crippen molar-refractivity contribution in [3.63, 3.8) is 0 Å². The zero-order valence-corrected chi connectivity index (χ0v) is 12.1. The van der Waals surface area contributed by atoms with E-state index in [4.69, 9.17) is 0 Å². The van der Waals surface area contributed by atoms with Gasteiger partial charge in [0.25, 0.3) is 0 Å². The third-order valence-corrected chi connectivity index (χ3v) is 6.29. The molecule has 0 N–H and O–H groups in total. The molecule has 3 aliphatic rings. The molecule has 0 spiro atoms. The predicted octanol–water partition coefficient (Wildman–Crippen LogP) is 4.49. The lowest BCUT2D eigenvalue weighted by Gasteiger charge is -2.44. The maximum atomic E-state index is 13.6. The van der Waals surface area contributed by atoms with Gasteiger partial charge in [-0.15, -0.1) is 0 Å². The highest BCUT2D eigenvalue weighted by atomic mass is 19.2. The van der Waals surface area contributed by atoms with E-state index in [-0.39, 0.29) is 5.92 Å². The van der Waals surface area contributed by atoms with Crippen LogP contribution >= 0.6 is 0 Å². The van der Waals surface area contributed by atoms with Gasteiger partial charge >= 0.3 is 0 Å². The molecule has 7 atom stereocenters. The SMILES string of the molecule is O=CC1CCC2CC(C3CCC(F)C(F)C3)CCC2C1. The van der Waals surface area contributed by atoms with Gasteiger partial charge in [0.1, 0.15) is 18.6 Å². The van der Waals surface area contributed by atoms with E-state index in [1.165, 1.54) is 25.7 Å². The predicted molar refractivity (Wildman–Crippen MR) is 74.9 cm³/mol. The van der Waals surface area contributed by atoms with Gasteiger partial charge in [0.05, 0.1) is 0 Å². The first kappa shape index (κ1) is 14.5. The summed E-state index contributed by atoms with van der Waals surface area (Å²) in [5, 5.41) is 0. The van der Waals surface area contributed by atoms with Crippen LogP contribution in [-0.2, 0) is 4.79 Å². The molecule has 3 fully saturated rings. The van der Waals surface area contributed by atoms with Crippen LogP contribution < -0.4 is 0 Å². The molecule has 1 nitrogen and oxygen atoms in total. The van der Waals surface area contributed by atoms with E-state index in [1.807, 2.05) is 0 Å². The minimum absolute atomic E-state index is 0.282. The fraction of sp³-hybridized carbons (Fsp3) is 0.941. The number of fused-ring (bicyclic) bond motifs is 1. The number of rotatable bonds is 2. The van der Waals surface area contributed by atoms with Crippen LogP contribution in [-0.4, -0.2) is 18.6 Å². The van der Waals surface area contributed by atoms with Gasteiger partial charge in [-0.2, -0.15) is 0 Å². The molecule has 0 amide bonds. The van der Waals surface area contributed by atoms with Crippen molar-refractivity contribution in [2.24, 2.45) is 29.6 Å². The third-order valence-electron chi connectivity index (χ3n) is 6.29. The van der Waals surface area contributed by atoms with Crippen molar-refractivity contribution < 1.29 is 13.6 Å². The van der Waals surface area contributed by atoms with Gasteiger partial charge in [0, 0.05) is 5.92 Å². The van der Waals surface area contributed by atoms with E-state index < -0.39 is 12.3 Å². The van der Waals surface area contributed by atoms with Crippen molar-refractivity contribution in [3.05, 3.63) is 0 Å². The maximum absolute atomic E-state index is 13.6. The normalized spacial score (nSPS) is 49.4. The van der Waals surface area contributed by atoms with Gasteiger partial charge in [-0.25, -0.2) is 8.78 Å². The molecule has 114 valence electrons. The average molecular weight is 284 g/mol. The molecular weight excluding hydrogens is 258 g/mol. The molecule has 0 aromatic rings. The first-order valence-electron chi connectivity index (χ1n) is 8.40. The molecule has 3 aliphatic carbocycles. The summed E-state index contributed by atoms with van der Waals surface area (Å²) in [6, 6.07) is 0. The van der Waals surface area contributed by atoms with Crippen molar-refractivity contribution in [2.75, 3.05) is 0 Å². The van der Waals surface area contributed by atoms with Crippen LogP contribution in [0.1, 0.15) is 57.8 Å². The highest BCUT2D eigenvalue weighted by molar-refractivity contribution is 5.53. The largest absolute Gasteiger partial charge is 0.303 e. The first-order valence-corrected chi connectivity index (χ1v) is 8.40. The van der Waals surface area contributed by atoms with Crippen molar-refractivity contribution in [1.29, 1.82) is 0 Å². The summed E-state index contributed by atoms with van der Waals surface area (Å²) in [5.74, 6) is 2.75. The number of halogens is 2. The molecule has 3 saturated carbocycles. The summed E-state index contributed by atoms with van der Waals surface area (Å²) in [6.07, 6.45) is 7.29. The second-order valence-electron chi connectivity index (χ2n) is 7.41. The molecule has 7 unspecified atom stereocenters. The Hall–Kier alpha value is -0.470. The molecule has 0 radical (unpaired) electrons. The zero-order valence-electron chi connectivity index (χ0n) is 12.1. The summed E-state index contributed by atoms with van der Waals surface area (Å²) in [7, 11) is 0. The van der Waals surface area contributed by atoms with E-state index >= 15 is 0 Å². The van der Waals surface area contributed by atoms with E-state index in [1.54, 1.807) is 0 Å². The summed E-state index contributed by atoms with van der Waals surface area (Å²) in [4.78, 5) is 10.9. The smallest absolute Gasteiger partial charge is 0.131 e. The van der Waals surface area contributed by atoms with Crippen molar-refractivity contribution >= 4 is 6.29 Å². The van der Waals surface area contributed by atoms with Crippen LogP contribution in [0.4, 0.5) is 8.78 Å². The van der Waals surface area contributed by atoms with Crippen molar-refractivity contribution in [2.45, 2.75) is 70.1 Å². The number of hydrogen-bond acceptors (Lipinski definition) is 1. The van der Waals surface area contributed by atoms with Gasteiger partial charge in [-0.3, -0.25) is 0 Å². The number of alkyl halides is 2. The van der Waals surface area contributed by atoms with Crippen LogP contribution in [0.25, 0.3) is 0 Å². The molecule has 3 rings (SSSR count). The summed E-state index contributed by atoms with van der Waals surface area (Å²) >= 11 is 0. The second kappa shape index (κ2) is 6.11. The summed E-state index contributed by atoms with van der Waals surface area (Å²) in [6.45, 7) is 0. The Morgan fingerprint density at radius 1 is 0.650 bits per heavy atom. The second-order valence-corrected chi connectivity index (χ2v) is 7.41. The fourth-order valence-electron chi connectivity index (χ4n) is 5.05. The number of aldehydes is 1. The molecule has 0 aromatic carbocycles. The maximum Gasteiger partial charge on any atom is 0.131 e. The highest BCUT2D eigenvalue weighted by Gasteiger charge is 2.40. The van der Waals surface area contributed by atoms with Crippen LogP contribution in [0.2, 0.25) is 0 Å². The highest BCUT2D eigenvalue weighted by Crippen LogP contribution is 2.48. The topological polar surface area (TPSA) is 17.1 Å². The van der Waals surface area contributed by atoms with Crippen LogP contribution in [0.15, 0.2) is 0 Å². The van der Waals surface area contributed by atoms with E-state index in [9.17, 15) is 13.6 Å². The Kier molecular flexibility index (Phi) is 4.42. The fourth-order valence-corrected chi connectivity index (χ4v) is 5.05. The first-order chi connectivity index (χ1) is 9.67. The lowest BCUT2D eigenvalue weighted by Crippen LogP contribution is -2.37. The van der Waals surface area contributed by atoms with Gasteiger partial charge in [-0.1, -0.05) is 0 Å². The Bertz CT molecular complexity index is 346. The molecule has 20 heavy (non-hydrogen) atoms. The van der Waals surface area contributed by atoms with E-state index in [0.717, 1.165) is 31.5 Å². The minimum Gasteiger partial charge on any atom is -0.303 e. The van der Waals surface area contributed by atoms with E-state index in [2.05, 4.69) is 0 Å². The molecule has 0 aliphatic heterocycles. The average Bonchev–Trinajstić information content (AvgIpc) is 2.49. The standard InChI is InChI=1S/C17H26F2O/c18-16-6-5-15(9-17(16)19)14-4-3-12-7-11(10-20)1-2-13(12)8-14/h10-17H,1-9H2. The third kappa shape index (κ3) is 2.92. The Morgan fingerprint density at radius 3 is 1.85 bits per heavy atom. The Morgan fingerprint density at radius 2 is 1.20 bits per heavy atom. The number of carbonyl (C=O) groups is 1. The Balaban J connectivity index is 1.55. The summed E-state index contributed by atoms with van der Waals surface area (Å²) < 4.78 is 26.9. The quantitative estimate of drug-likeness (QED) is 0.683. The molecule has 0 bridgehead atoms. The number of carbonyl (C=O) groups excluding carboxylic acids is 1. The Labute approximate surface area is 120 Å². The molecule has 3 heteroatoms. The monoisotopic (exact) mass is 284 g/mol. The van der Waals surface area contributed by atoms with E-state index in [0.29, 0.717) is 30.6 Å². The lowest BCUT2D eigenvalue weighted by atomic mass is 9.61. The number of hydrogen-bond donors (Lipinski definition) is 0. The molecular formula is C17H26F2O. The molecule has 0 saturated heterocycles. The van der Waals surface area contributed by atoms with Gasteiger partial charge in [-0.05, 0) is 81.5 Å². The molecule has 0 heterocycles. The van der Waals surface area contributed by atoms with Crippen molar-refractivity contribution in [1.82, 2.24) is 0 Å². The minimum atomic E-state index is -1.22. The van der Waals surface area contributed by atoms with Crippen LogP contribution in [0, 0.1) is 29.6 Å². The van der Waals surface area contributed by atoms with Gasteiger partial charge < -0.3 is 4.79 Å². The van der Waals surface area contributed by atoms with Crippen LogP contribution in [0.3, 0.4) is 0 Å². The van der Waals surface area contributed by atoms with Gasteiger partial charge in [0.2, 0.25) is 0 Å². The molecule has 0 aromatic heterocycles.